The minimum absolute atomic E-state index is 0.847. The van der Waals surface area contributed by atoms with Crippen LogP contribution in [-0.2, 0) is 0 Å². The molecule has 0 saturated heterocycles. The van der Waals surface area contributed by atoms with Crippen LogP contribution in [0.2, 0.25) is 0 Å². The Labute approximate surface area is 432 Å². The normalized spacial score (nSPS) is 51.8. The Morgan fingerprint density at radius 3 is 0.829 bits per heavy atom. The molecule has 70 heavy (non-hydrogen) atoms. The predicted octanol–water partition coefficient (Wildman–Crippen LogP) is 18.0. The van der Waals surface area contributed by atoms with E-state index in [-0.39, 0.29) is 0 Å². The highest BCUT2D eigenvalue weighted by atomic mass is 15.2. The number of hydrogen-bond acceptors (Lipinski definition) is 2. The average molecular weight is 956 g/mol. The first-order valence-corrected chi connectivity index (χ1v) is 33.4. The second-order valence-electron chi connectivity index (χ2n) is 30.0. The maximum absolute atomic E-state index is 3.38. The summed E-state index contributed by atoms with van der Waals surface area (Å²) in [6.45, 7) is 5.11. The van der Waals surface area contributed by atoms with Crippen molar-refractivity contribution in [2.75, 3.05) is 0 Å². The Morgan fingerprint density at radius 1 is 0.243 bits per heavy atom. The zero-order valence-corrected chi connectivity index (χ0v) is 45.9. The Morgan fingerprint density at radius 2 is 0.500 bits per heavy atom. The van der Waals surface area contributed by atoms with Crippen LogP contribution >= 0.6 is 0 Å². The molecule has 13 saturated carbocycles. The lowest BCUT2D eigenvalue weighted by Crippen LogP contribution is -2.61. The monoisotopic (exact) mass is 955 g/mol. The molecule has 0 radical (unpaired) electrons. The summed E-state index contributed by atoms with van der Waals surface area (Å²) in [4.78, 5) is 6.75. The van der Waals surface area contributed by atoms with Crippen molar-refractivity contribution in [2.24, 2.45) is 107 Å². The van der Waals surface area contributed by atoms with Crippen LogP contribution in [-0.4, -0.2) is 46.1 Å². The summed E-state index contributed by atoms with van der Waals surface area (Å²) in [6, 6.07) is 5.40. The van der Waals surface area contributed by atoms with Gasteiger partial charge in [-0.3, -0.25) is 9.80 Å². The molecule has 13 aliphatic carbocycles. The maximum Gasteiger partial charge on any atom is 0.0132 e. The van der Waals surface area contributed by atoms with Gasteiger partial charge in [0, 0.05) is 36.3 Å². The third-order valence-electron chi connectivity index (χ3n) is 26.7. The van der Waals surface area contributed by atoms with Gasteiger partial charge in [0.25, 0.3) is 0 Å². The van der Waals surface area contributed by atoms with Crippen LogP contribution in [0.5, 0.6) is 0 Å². The fourth-order valence-electron chi connectivity index (χ4n) is 23.4. The standard InChI is InChI=1S/C68H110N2/c1-45-9-33-57(34-10-45)69(63-43-31-55-27-25-51-5-3-7-53-29-41-61(63)67(55)65(51)53)59-37-21-49(22-38-59)19-17-47-13-15-48(16-14-47)18-20-50-23-39-60(40-24-50)70(58-35-11-46(2)12-36-58)64-44-32-56-28-26-52-6-4-8-54-30-42-62(64)68(56)66(52)54/h17-20,45-68H,3-16,21-44H2,1-2H3. The molecule has 0 heterocycles. The maximum atomic E-state index is 3.38. The Bertz CT molecular complexity index is 1590. The van der Waals surface area contributed by atoms with Gasteiger partial charge in [0.1, 0.15) is 0 Å². The van der Waals surface area contributed by atoms with Crippen LogP contribution in [0.3, 0.4) is 0 Å². The van der Waals surface area contributed by atoms with Crippen LogP contribution in [0.1, 0.15) is 258 Å². The van der Waals surface area contributed by atoms with Crippen LogP contribution in [0.15, 0.2) is 24.3 Å². The summed E-state index contributed by atoms with van der Waals surface area (Å²) < 4.78 is 0. The molecule has 0 bridgehead atoms. The van der Waals surface area contributed by atoms with E-state index in [4.69, 9.17) is 0 Å². The van der Waals surface area contributed by atoms with Crippen molar-refractivity contribution in [1.82, 2.24) is 9.80 Å². The summed E-state index contributed by atoms with van der Waals surface area (Å²) in [6.07, 6.45) is 69.3. The summed E-state index contributed by atoms with van der Waals surface area (Å²) in [5.74, 6) is 18.5. The molecular formula is C68H110N2. The van der Waals surface area contributed by atoms with E-state index in [2.05, 4.69) is 48.0 Å². The molecule has 0 spiro atoms. The zero-order valence-electron chi connectivity index (χ0n) is 45.9. The van der Waals surface area contributed by atoms with Crippen molar-refractivity contribution in [3.63, 3.8) is 0 Å². The van der Waals surface area contributed by atoms with Crippen molar-refractivity contribution in [3.8, 4) is 0 Å². The van der Waals surface area contributed by atoms with Gasteiger partial charge in [-0.25, -0.2) is 0 Å². The quantitative estimate of drug-likeness (QED) is 0.201. The number of allylic oxidation sites excluding steroid dienone is 4. The van der Waals surface area contributed by atoms with Crippen molar-refractivity contribution in [2.45, 2.75) is 294 Å². The lowest BCUT2D eigenvalue weighted by molar-refractivity contribution is -0.124. The van der Waals surface area contributed by atoms with Crippen molar-refractivity contribution in [1.29, 1.82) is 0 Å². The van der Waals surface area contributed by atoms with E-state index in [0.29, 0.717) is 0 Å². The van der Waals surface area contributed by atoms with Crippen LogP contribution in [0, 0.1) is 107 Å². The highest BCUT2D eigenvalue weighted by Gasteiger charge is 2.57. The number of rotatable bonds is 10. The van der Waals surface area contributed by atoms with Gasteiger partial charge in [0.2, 0.25) is 0 Å². The molecule has 13 fully saturated rings. The third kappa shape index (κ3) is 9.88. The van der Waals surface area contributed by atoms with Gasteiger partial charge in [-0.15, -0.1) is 0 Å². The molecule has 14 unspecified atom stereocenters. The van der Waals surface area contributed by atoms with Gasteiger partial charge in [0.15, 0.2) is 0 Å². The minimum Gasteiger partial charge on any atom is -0.294 e. The second-order valence-corrected chi connectivity index (χ2v) is 30.0. The second kappa shape index (κ2) is 21.8. The summed E-state index contributed by atoms with van der Waals surface area (Å²) in [5.41, 5.74) is 0. The Balaban J connectivity index is 0.591. The smallest absolute Gasteiger partial charge is 0.0132 e. The van der Waals surface area contributed by atoms with Crippen LogP contribution in [0.25, 0.3) is 0 Å². The number of hydrogen-bond donors (Lipinski definition) is 0. The molecule has 2 nitrogen and oxygen atoms in total. The topological polar surface area (TPSA) is 6.48 Å². The van der Waals surface area contributed by atoms with Crippen molar-refractivity contribution < 1.29 is 0 Å². The van der Waals surface area contributed by atoms with Gasteiger partial charge >= 0.3 is 0 Å². The molecule has 0 N–H and O–H groups in total. The SMILES string of the molecule is CC1CCC(N(C2CCC(C=CC3CCC(C=CC4CCC(N(C5CCC(C)CC5)C5CCC6CCC7CCCC8CCC5C6C78)CC4)CC3)CC2)C2CCC3CCC4CCCC5CCC2C3C45)CC1. The molecular weight excluding hydrogens is 845 g/mol. The first kappa shape index (κ1) is 49.0. The van der Waals surface area contributed by atoms with E-state index in [1.54, 1.807) is 116 Å². The zero-order chi connectivity index (χ0) is 46.7. The van der Waals surface area contributed by atoms with E-state index in [1.165, 1.54) is 128 Å². The summed E-state index contributed by atoms with van der Waals surface area (Å²) in [7, 11) is 0. The lowest BCUT2D eigenvalue weighted by Gasteiger charge is -2.62. The van der Waals surface area contributed by atoms with E-state index in [0.717, 1.165) is 143 Å². The first-order valence-electron chi connectivity index (χ1n) is 33.4. The van der Waals surface area contributed by atoms with Gasteiger partial charge in [0.05, 0.1) is 0 Å². The fraction of sp³-hybridized carbons (Fsp3) is 0.941. The molecule has 14 atom stereocenters. The molecule has 2 heteroatoms. The molecule has 392 valence electrons. The minimum atomic E-state index is 0.847. The first-order chi connectivity index (χ1) is 34.5. The van der Waals surface area contributed by atoms with E-state index < -0.39 is 0 Å². The molecule has 0 amide bonds. The van der Waals surface area contributed by atoms with Gasteiger partial charge in [-0.1, -0.05) is 76.7 Å². The van der Waals surface area contributed by atoms with E-state index >= 15 is 0 Å². The molecule has 13 rings (SSSR count). The van der Waals surface area contributed by atoms with Gasteiger partial charge in [-0.05, 0) is 312 Å². The van der Waals surface area contributed by atoms with Crippen LogP contribution in [0.4, 0.5) is 0 Å². The van der Waals surface area contributed by atoms with E-state index in [9.17, 15) is 0 Å². The highest BCUT2D eigenvalue weighted by molar-refractivity contribution is 5.10. The van der Waals surface area contributed by atoms with Crippen LogP contribution < -0.4 is 0 Å². The molecule has 0 aliphatic heterocycles. The van der Waals surface area contributed by atoms with Gasteiger partial charge in [-0.2, -0.15) is 0 Å². The summed E-state index contributed by atoms with van der Waals surface area (Å²) >= 11 is 0. The Hall–Kier alpha value is -0.600. The lowest BCUT2D eigenvalue weighted by atomic mass is 9.47. The average Bonchev–Trinajstić information content (AvgIpc) is 3.41. The third-order valence-corrected chi connectivity index (χ3v) is 26.7. The number of nitrogens with zero attached hydrogens (tertiary/aromatic N) is 2. The van der Waals surface area contributed by atoms with E-state index in [1.807, 2.05) is 0 Å². The van der Waals surface area contributed by atoms with Gasteiger partial charge < -0.3 is 0 Å². The predicted molar refractivity (Wildman–Crippen MR) is 294 cm³/mol. The fourth-order valence-corrected chi connectivity index (χ4v) is 23.4. The molecule has 13 aliphatic rings. The largest absolute Gasteiger partial charge is 0.294 e. The molecule has 0 aromatic carbocycles. The molecule has 0 aromatic rings. The summed E-state index contributed by atoms with van der Waals surface area (Å²) in [5, 5.41) is 0. The van der Waals surface area contributed by atoms with Crippen molar-refractivity contribution in [3.05, 3.63) is 24.3 Å². The van der Waals surface area contributed by atoms with Crippen molar-refractivity contribution >= 4 is 0 Å². The molecule has 0 aromatic heterocycles. The highest BCUT2D eigenvalue weighted by Crippen LogP contribution is 2.63. The Kier molecular flexibility index (Phi) is 15.3.